The molecule has 144 valence electrons. The van der Waals surface area contributed by atoms with Gasteiger partial charge in [0.05, 0.1) is 0 Å². The van der Waals surface area contributed by atoms with Gasteiger partial charge in [0.15, 0.2) is 0 Å². The van der Waals surface area contributed by atoms with Gasteiger partial charge in [0, 0.05) is 42.5 Å². The van der Waals surface area contributed by atoms with Crippen molar-refractivity contribution in [2.75, 3.05) is 26.2 Å². The molecular formula is C16H28ClN3O3S2. The molecule has 0 aliphatic carbocycles. The van der Waals surface area contributed by atoms with E-state index in [1.54, 1.807) is 10.4 Å². The number of amides is 1. The van der Waals surface area contributed by atoms with Crippen LogP contribution in [0.25, 0.3) is 0 Å². The van der Waals surface area contributed by atoms with Crippen LogP contribution in [-0.2, 0) is 21.2 Å². The van der Waals surface area contributed by atoms with Crippen molar-refractivity contribution in [1.82, 2.24) is 14.9 Å². The molecule has 1 saturated heterocycles. The van der Waals surface area contributed by atoms with E-state index in [0.29, 0.717) is 36.8 Å². The van der Waals surface area contributed by atoms with E-state index in [1.807, 2.05) is 33.8 Å². The minimum absolute atomic E-state index is 0. The van der Waals surface area contributed by atoms with Crippen molar-refractivity contribution in [3.05, 3.63) is 17.0 Å². The van der Waals surface area contributed by atoms with E-state index in [2.05, 4.69) is 10.6 Å². The van der Waals surface area contributed by atoms with Crippen molar-refractivity contribution in [1.29, 1.82) is 0 Å². The van der Waals surface area contributed by atoms with Crippen molar-refractivity contribution in [3.63, 3.8) is 0 Å². The maximum Gasteiger partial charge on any atom is 0.252 e. The van der Waals surface area contributed by atoms with Gasteiger partial charge in [0.1, 0.15) is 4.21 Å². The number of halogens is 1. The molecule has 0 spiro atoms. The first-order valence-electron chi connectivity index (χ1n) is 8.22. The van der Waals surface area contributed by atoms with E-state index in [1.165, 1.54) is 11.3 Å². The zero-order valence-corrected chi connectivity index (χ0v) is 17.6. The largest absolute Gasteiger partial charge is 0.355 e. The first-order valence-corrected chi connectivity index (χ1v) is 10.5. The third kappa shape index (κ3) is 5.65. The molecule has 1 aromatic rings. The van der Waals surface area contributed by atoms with E-state index in [9.17, 15) is 13.2 Å². The molecule has 9 heteroatoms. The van der Waals surface area contributed by atoms with E-state index in [4.69, 9.17) is 0 Å². The number of piperazine rings is 1. The molecule has 6 nitrogen and oxygen atoms in total. The van der Waals surface area contributed by atoms with Crippen LogP contribution in [0, 0.1) is 5.41 Å². The number of nitrogens with one attached hydrogen (secondary N) is 2. The van der Waals surface area contributed by atoms with Gasteiger partial charge < -0.3 is 10.6 Å². The lowest BCUT2D eigenvalue weighted by Gasteiger charge is -2.32. The Hall–Kier alpha value is -0.670. The van der Waals surface area contributed by atoms with Gasteiger partial charge in [-0.15, -0.1) is 23.7 Å². The Labute approximate surface area is 160 Å². The Bertz CT molecular complexity index is 683. The maximum atomic E-state index is 12.8. The van der Waals surface area contributed by atoms with E-state index < -0.39 is 15.4 Å². The minimum Gasteiger partial charge on any atom is -0.355 e. The van der Waals surface area contributed by atoms with Crippen molar-refractivity contribution >= 4 is 39.7 Å². The summed E-state index contributed by atoms with van der Waals surface area (Å²) >= 11 is 1.29. The summed E-state index contributed by atoms with van der Waals surface area (Å²) in [5, 5.41) is 6.09. The van der Waals surface area contributed by atoms with Crippen molar-refractivity contribution in [2.24, 2.45) is 5.41 Å². The number of rotatable bonds is 5. The smallest absolute Gasteiger partial charge is 0.252 e. The van der Waals surface area contributed by atoms with Gasteiger partial charge in [-0.3, -0.25) is 4.79 Å². The fraction of sp³-hybridized carbons (Fsp3) is 0.688. The summed E-state index contributed by atoms with van der Waals surface area (Å²) in [4.78, 5) is 12.8. The molecular weight excluding hydrogens is 382 g/mol. The Morgan fingerprint density at radius 1 is 1.40 bits per heavy atom. The van der Waals surface area contributed by atoms with Crippen molar-refractivity contribution < 1.29 is 13.2 Å². The lowest BCUT2D eigenvalue weighted by molar-refractivity contribution is -0.128. The van der Waals surface area contributed by atoms with Crippen LogP contribution in [0.4, 0.5) is 0 Å². The highest BCUT2D eigenvalue weighted by Gasteiger charge is 2.32. The summed E-state index contributed by atoms with van der Waals surface area (Å²) in [6.07, 6.45) is 0.638. The lowest BCUT2D eigenvalue weighted by atomic mass is 9.96. The van der Waals surface area contributed by atoms with Crippen LogP contribution in [0.3, 0.4) is 0 Å². The minimum atomic E-state index is -3.43. The normalized spacial score (nSPS) is 19.3. The Morgan fingerprint density at radius 3 is 2.68 bits per heavy atom. The summed E-state index contributed by atoms with van der Waals surface area (Å²) in [6.45, 7) is 9.89. The van der Waals surface area contributed by atoms with E-state index in [-0.39, 0.29) is 24.4 Å². The summed E-state index contributed by atoms with van der Waals surface area (Å²) < 4.78 is 27.5. The number of hydrogen-bond donors (Lipinski definition) is 2. The second-order valence-corrected chi connectivity index (χ2v) is 10.4. The Kier molecular flexibility index (Phi) is 7.89. The second kappa shape index (κ2) is 8.81. The average Bonchev–Trinajstić information content (AvgIpc) is 2.96. The molecule has 0 radical (unpaired) electrons. The molecule has 1 aromatic heterocycles. The number of sulfonamides is 1. The number of carbonyl (C=O) groups excluding carboxylic acids is 1. The standard InChI is InChI=1S/C16H27N3O3S2.ClH/c1-12-11-17-9-10-19(12)24(21,22)14-6-5-13(23-14)7-8-18-15(20)16(2,3)4;/h5-6,12,17H,7-11H2,1-4H3,(H,18,20);1H. The summed E-state index contributed by atoms with van der Waals surface area (Å²) in [5.74, 6) is 0.00143. The Balaban J connectivity index is 0.00000312. The third-order valence-corrected chi connectivity index (χ3v) is 7.60. The van der Waals surface area contributed by atoms with Crippen molar-refractivity contribution in [3.8, 4) is 0 Å². The highest BCUT2D eigenvalue weighted by molar-refractivity contribution is 7.91. The number of nitrogens with zero attached hydrogens (tertiary/aromatic N) is 1. The van der Waals surface area contributed by atoms with Crippen LogP contribution in [0.15, 0.2) is 16.3 Å². The van der Waals surface area contributed by atoms with E-state index in [0.717, 1.165) is 4.88 Å². The lowest BCUT2D eigenvalue weighted by Crippen LogP contribution is -2.51. The van der Waals surface area contributed by atoms with Crippen LogP contribution in [0.2, 0.25) is 0 Å². The van der Waals surface area contributed by atoms with Gasteiger partial charge in [0.25, 0.3) is 10.0 Å². The average molecular weight is 410 g/mol. The maximum absolute atomic E-state index is 12.8. The predicted octanol–water partition coefficient (Wildman–Crippen LogP) is 1.86. The third-order valence-electron chi connectivity index (χ3n) is 3.98. The topological polar surface area (TPSA) is 78.5 Å². The summed E-state index contributed by atoms with van der Waals surface area (Å²) in [6, 6.07) is 3.48. The number of carbonyl (C=O) groups is 1. The first-order chi connectivity index (χ1) is 11.1. The first kappa shape index (κ1) is 22.4. The zero-order chi connectivity index (χ0) is 18.0. The van der Waals surface area contributed by atoms with Crippen LogP contribution < -0.4 is 10.6 Å². The Morgan fingerprint density at radius 2 is 2.08 bits per heavy atom. The molecule has 0 aromatic carbocycles. The molecule has 1 aliphatic rings. The van der Waals surface area contributed by atoms with Gasteiger partial charge in [-0.2, -0.15) is 4.31 Å². The van der Waals surface area contributed by atoms with Crippen LogP contribution in [0.5, 0.6) is 0 Å². The van der Waals surface area contributed by atoms with Gasteiger partial charge in [-0.1, -0.05) is 20.8 Å². The van der Waals surface area contributed by atoms with Crippen LogP contribution in [0.1, 0.15) is 32.6 Å². The number of hydrogen-bond acceptors (Lipinski definition) is 5. The highest BCUT2D eigenvalue weighted by Crippen LogP contribution is 2.27. The van der Waals surface area contributed by atoms with Crippen LogP contribution in [-0.4, -0.2) is 50.9 Å². The predicted molar refractivity (Wildman–Crippen MR) is 104 cm³/mol. The molecule has 2 N–H and O–H groups in total. The summed E-state index contributed by atoms with van der Waals surface area (Å²) in [5.41, 5.74) is -0.414. The van der Waals surface area contributed by atoms with Gasteiger partial charge in [-0.05, 0) is 25.5 Å². The quantitative estimate of drug-likeness (QED) is 0.777. The monoisotopic (exact) mass is 409 g/mol. The molecule has 2 heterocycles. The molecule has 2 rings (SSSR count). The number of thiophene rings is 1. The molecule has 1 aliphatic heterocycles. The molecule has 1 amide bonds. The fourth-order valence-corrected chi connectivity index (χ4v) is 5.61. The molecule has 1 unspecified atom stereocenters. The highest BCUT2D eigenvalue weighted by atomic mass is 35.5. The van der Waals surface area contributed by atoms with Gasteiger partial charge >= 0.3 is 0 Å². The second-order valence-electron chi connectivity index (χ2n) is 7.15. The van der Waals surface area contributed by atoms with Crippen LogP contribution >= 0.6 is 23.7 Å². The molecule has 1 fully saturated rings. The zero-order valence-electron chi connectivity index (χ0n) is 15.2. The molecule has 0 bridgehead atoms. The fourth-order valence-electron chi connectivity index (χ4n) is 2.49. The molecule has 0 saturated carbocycles. The van der Waals surface area contributed by atoms with Gasteiger partial charge in [0.2, 0.25) is 5.91 Å². The summed E-state index contributed by atoms with van der Waals surface area (Å²) in [7, 11) is -3.43. The van der Waals surface area contributed by atoms with Gasteiger partial charge in [-0.25, -0.2) is 8.42 Å². The van der Waals surface area contributed by atoms with E-state index >= 15 is 0 Å². The SMILES string of the molecule is CC1CNCCN1S(=O)(=O)c1ccc(CCNC(=O)C(C)(C)C)s1.Cl. The van der Waals surface area contributed by atoms with Crippen molar-refractivity contribution in [2.45, 2.75) is 44.4 Å². The molecule has 25 heavy (non-hydrogen) atoms. The molecule has 1 atom stereocenters.